The summed E-state index contributed by atoms with van der Waals surface area (Å²) >= 11 is 0. The minimum atomic E-state index is -0.380. The molecular formula is C34H70O10. The lowest BCUT2D eigenvalue weighted by atomic mass is 10.0. The molecule has 0 saturated heterocycles. The average molecular weight is 639 g/mol. The molecule has 10 heteroatoms. The highest BCUT2D eigenvalue weighted by Gasteiger charge is 2.04. The predicted molar refractivity (Wildman–Crippen MR) is 175 cm³/mol. The lowest BCUT2D eigenvalue weighted by Crippen LogP contribution is -2.18. The third kappa shape index (κ3) is 39.6. The number of unbranched alkanes of at least 4 members (excludes halogenated alkanes) is 13. The Bertz CT molecular complexity index is 501. The Morgan fingerprint density at radius 1 is 0.364 bits per heavy atom. The number of aliphatic hydroxyl groups is 2. The second-order valence-electron chi connectivity index (χ2n) is 11.1. The van der Waals surface area contributed by atoms with Crippen molar-refractivity contribution in [2.75, 3.05) is 112 Å². The van der Waals surface area contributed by atoms with Crippen LogP contribution in [0.4, 0.5) is 0 Å². The summed E-state index contributed by atoms with van der Waals surface area (Å²) in [5, 5.41) is 18.7. The molecule has 1 unspecified atom stereocenters. The van der Waals surface area contributed by atoms with Crippen LogP contribution in [0.5, 0.6) is 0 Å². The fraction of sp³-hybridized carbons (Fsp3) is 1.00. The number of aliphatic hydroxyl groups excluding tert-OH is 2. The van der Waals surface area contributed by atoms with Crippen molar-refractivity contribution in [1.82, 2.24) is 0 Å². The highest BCUT2D eigenvalue weighted by Crippen LogP contribution is 2.13. The van der Waals surface area contributed by atoms with Gasteiger partial charge in [-0.2, -0.15) is 0 Å². The highest BCUT2D eigenvalue weighted by molar-refractivity contribution is 4.55. The van der Waals surface area contributed by atoms with E-state index in [1.54, 1.807) is 0 Å². The van der Waals surface area contributed by atoms with Crippen molar-refractivity contribution < 1.29 is 48.1 Å². The van der Waals surface area contributed by atoms with Gasteiger partial charge < -0.3 is 48.1 Å². The second-order valence-corrected chi connectivity index (χ2v) is 11.1. The van der Waals surface area contributed by atoms with Gasteiger partial charge in [0.1, 0.15) is 0 Å². The molecule has 0 aliphatic carbocycles. The molecule has 0 aromatic rings. The monoisotopic (exact) mass is 638 g/mol. The maximum absolute atomic E-state index is 10.1. The Hall–Kier alpha value is -0.400. The molecule has 266 valence electrons. The Morgan fingerprint density at radius 3 is 0.955 bits per heavy atom. The first-order valence-electron chi connectivity index (χ1n) is 17.7. The molecule has 0 radical (unpaired) electrons. The van der Waals surface area contributed by atoms with Crippen molar-refractivity contribution in [3.8, 4) is 0 Å². The number of ether oxygens (including phenoxy) is 8. The van der Waals surface area contributed by atoms with E-state index in [1.165, 1.54) is 83.5 Å². The SMILES string of the molecule is CCCCCCCCCCCCCCCCC(O)COCCOCCOCCOCCOCCOCCOCCOCCO. The van der Waals surface area contributed by atoms with E-state index in [4.69, 9.17) is 43.0 Å². The van der Waals surface area contributed by atoms with E-state index in [1.807, 2.05) is 0 Å². The minimum Gasteiger partial charge on any atom is -0.394 e. The zero-order chi connectivity index (χ0) is 31.9. The molecule has 0 amide bonds. The van der Waals surface area contributed by atoms with Gasteiger partial charge in [0.25, 0.3) is 0 Å². The average Bonchev–Trinajstić information content (AvgIpc) is 3.03. The summed E-state index contributed by atoms with van der Waals surface area (Å²) in [7, 11) is 0. The van der Waals surface area contributed by atoms with Crippen LogP contribution in [-0.4, -0.2) is 129 Å². The van der Waals surface area contributed by atoms with Crippen LogP contribution in [-0.2, 0) is 37.9 Å². The van der Waals surface area contributed by atoms with E-state index in [2.05, 4.69) is 6.92 Å². The van der Waals surface area contributed by atoms with Gasteiger partial charge in [0.15, 0.2) is 0 Å². The van der Waals surface area contributed by atoms with Crippen molar-refractivity contribution in [2.45, 2.75) is 109 Å². The van der Waals surface area contributed by atoms with Gasteiger partial charge in [0.05, 0.1) is 118 Å². The van der Waals surface area contributed by atoms with Gasteiger partial charge in [-0.3, -0.25) is 0 Å². The molecule has 2 N–H and O–H groups in total. The Labute approximate surface area is 269 Å². The molecule has 0 heterocycles. The third-order valence-electron chi connectivity index (χ3n) is 7.04. The molecule has 1 atom stereocenters. The highest BCUT2D eigenvalue weighted by atomic mass is 16.6. The minimum absolute atomic E-state index is 0.0294. The van der Waals surface area contributed by atoms with E-state index < -0.39 is 0 Å². The molecular weight excluding hydrogens is 568 g/mol. The summed E-state index contributed by atoms with van der Waals surface area (Å²) in [5.41, 5.74) is 0. The molecule has 0 saturated carbocycles. The number of rotatable bonds is 40. The zero-order valence-corrected chi connectivity index (χ0v) is 28.4. The zero-order valence-electron chi connectivity index (χ0n) is 28.4. The molecule has 0 aromatic heterocycles. The summed E-state index contributed by atoms with van der Waals surface area (Å²) in [4.78, 5) is 0. The van der Waals surface area contributed by atoms with Crippen LogP contribution in [0, 0.1) is 0 Å². The number of hydrogen-bond acceptors (Lipinski definition) is 10. The lowest BCUT2D eigenvalue weighted by molar-refractivity contribution is -0.0278. The molecule has 10 nitrogen and oxygen atoms in total. The van der Waals surface area contributed by atoms with Crippen LogP contribution in [0.25, 0.3) is 0 Å². The topological polar surface area (TPSA) is 114 Å². The normalized spacial score (nSPS) is 12.3. The van der Waals surface area contributed by atoms with Crippen LogP contribution in [0.2, 0.25) is 0 Å². The van der Waals surface area contributed by atoms with Crippen molar-refractivity contribution in [2.24, 2.45) is 0 Å². The summed E-state index contributed by atoms with van der Waals surface area (Å²) in [6.45, 7) is 10.1. The van der Waals surface area contributed by atoms with E-state index >= 15 is 0 Å². The van der Waals surface area contributed by atoms with Crippen molar-refractivity contribution in [3.05, 3.63) is 0 Å². The molecule has 44 heavy (non-hydrogen) atoms. The second kappa shape index (κ2) is 40.6. The van der Waals surface area contributed by atoms with E-state index in [0.717, 1.165) is 12.8 Å². The molecule has 0 bridgehead atoms. The van der Waals surface area contributed by atoms with E-state index in [-0.39, 0.29) is 12.7 Å². The van der Waals surface area contributed by atoms with E-state index in [0.29, 0.717) is 106 Å². The summed E-state index contributed by atoms with van der Waals surface area (Å²) in [5.74, 6) is 0. The summed E-state index contributed by atoms with van der Waals surface area (Å²) in [6, 6.07) is 0. The first-order valence-corrected chi connectivity index (χ1v) is 17.7. The number of hydrogen-bond donors (Lipinski definition) is 2. The standard InChI is InChI=1S/C34H70O10/c1-2-3-4-5-6-7-8-9-10-11-12-13-14-15-16-34(36)33-44-32-31-43-30-29-42-28-27-41-26-25-40-24-23-39-22-21-38-20-19-37-18-17-35/h34-36H,2-33H2,1H3. The summed E-state index contributed by atoms with van der Waals surface area (Å²) < 4.78 is 43.3. The Kier molecular flexibility index (Phi) is 40.3. The maximum atomic E-state index is 10.1. The quantitative estimate of drug-likeness (QED) is 0.0853. The first kappa shape index (κ1) is 43.6. The molecule has 0 aliphatic heterocycles. The molecule has 0 spiro atoms. The Morgan fingerprint density at radius 2 is 0.636 bits per heavy atom. The van der Waals surface area contributed by atoms with Crippen LogP contribution in [0.1, 0.15) is 103 Å². The fourth-order valence-electron chi connectivity index (χ4n) is 4.48. The maximum Gasteiger partial charge on any atom is 0.0773 e. The summed E-state index contributed by atoms with van der Waals surface area (Å²) in [6.07, 6.45) is 19.3. The predicted octanol–water partition coefficient (Wildman–Crippen LogP) is 5.34. The van der Waals surface area contributed by atoms with Gasteiger partial charge in [0.2, 0.25) is 0 Å². The largest absolute Gasteiger partial charge is 0.394 e. The molecule has 0 aromatic carbocycles. The fourth-order valence-corrected chi connectivity index (χ4v) is 4.48. The van der Waals surface area contributed by atoms with Gasteiger partial charge in [-0.15, -0.1) is 0 Å². The lowest BCUT2D eigenvalue weighted by Gasteiger charge is -2.11. The smallest absolute Gasteiger partial charge is 0.0773 e. The van der Waals surface area contributed by atoms with Gasteiger partial charge in [-0.1, -0.05) is 96.8 Å². The molecule has 0 fully saturated rings. The molecule has 0 aliphatic rings. The Balaban J connectivity index is 3.13. The third-order valence-corrected chi connectivity index (χ3v) is 7.04. The van der Waals surface area contributed by atoms with Crippen LogP contribution >= 0.6 is 0 Å². The first-order chi connectivity index (χ1) is 21.8. The van der Waals surface area contributed by atoms with E-state index in [9.17, 15) is 5.11 Å². The van der Waals surface area contributed by atoms with Crippen molar-refractivity contribution >= 4 is 0 Å². The van der Waals surface area contributed by atoms with Gasteiger partial charge in [-0.25, -0.2) is 0 Å². The van der Waals surface area contributed by atoms with Crippen LogP contribution < -0.4 is 0 Å². The van der Waals surface area contributed by atoms with Gasteiger partial charge in [-0.05, 0) is 6.42 Å². The van der Waals surface area contributed by atoms with Crippen LogP contribution in [0.3, 0.4) is 0 Å². The van der Waals surface area contributed by atoms with Gasteiger partial charge in [0, 0.05) is 0 Å². The molecule has 0 rings (SSSR count). The van der Waals surface area contributed by atoms with Crippen molar-refractivity contribution in [3.63, 3.8) is 0 Å². The van der Waals surface area contributed by atoms with Gasteiger partial charge >= 0.3 is 0 Å². The van der Waals surface area contributed by atoms with Crippen LogP contribution in [0.15, 0.2) is 0 Å². The van der Waals surface area contributed by atoms with Crippen molar-refractivity contribution in [1.29, 1.82) is 0 Å².